The average molecular weight is 348 g/mol. The number of nitrogens with one attached hydrogen (secondary N) is 1. The van der Waals surface area contributed by atoms with Crippen molar-refractivity contribution in [1.82, 2.24) is 9.97 Å². The molecular formula is C22H24N2O2. The van der Waals surface area contributed by atoms with Crippen LogP contribution in [-0.4, -0.2) is 23.0 Å². The van der Waals surface area contributed by atoms with E-state index in [4.69, 9.17) is 9.72 Å². The first-order valence-corrected chi connectivity index (χ1v) is 8.87. The van der Waals surface area contributed by atoms with Crippen molar-refractivity contribution in [3.8, 4) is 11.3 Å². The summed E-state index contributed by atoms with van der Waals surface area (Å²) in [5.41, 5.74) is 5.87. The van der Waals surface area contributed by atoms with Crippen LogP contribution in [-0.2, 0) is 17.6 Å². The molecule has 3 aromatic rings. The van der Waals surface area contributed by atoms with Crippen molar-refractivity contribution in [1.29, 1.82) is 0 Å². The molecule has 0 amide bonds. The second kappa shape index (κ2) is 8.00. The van der Waals surface area contributed by atoms with E-state index in [1.807, 2.05) is 32.0 Å². The Morgan fingerprint density at radius 3 is 2.58 bits per heavy atom. The van der Waals surface area contributed by atoms with Crippen LogP contribution in [0.25, 0.3) is 11.3 Å². The molecule has 0 saturated heterocycles. The predicted octanol–water partition coefficient (Wildman–Crippen LogP) is 4.66. The maximum atomic E-state index is 11.8. The SMILES string of the molecule is COC(=O)c1ccc(C)c(-c2nc(CCCc3ccccc3)[nH]c2C)c1. The van der Waals surface area contributed by atoms with Gasteiger partial charge >= 0.3 is 5.97 Å². The summed E-state index contributed by atoms with van der Waals surface area (Å²) < 4.78 is 4.83. The first kappa shape index (κ1) is 17.9. The lowest BCUT2D eigenvalue weighted by molar-refractivity contribution is 0.0601. The van der Waals surface area contributed by atoms with Crippen LogP contribution >= 0.6 is 0 Å². The van der Waals surface area contributed by atoms with Gasteiger partial charge in [-0.15, -0.1) is 0 Å². The highest BCUT2D eigenvalue weighted by molar-refractivity contribution is 5.91. The zero-order chi connectivity index (χ0) is 18.5. The van der Waals surface area contributed by atoms with Crippen LogP contribution in [0.3, 0.4) is 0 Å². The van der Waals surface area contributed by atoms with E-state index < -0.39 is 0 Å². The lowest BCUT2D eigenvalue weighted by atomic mass is 10.0. The molecule has 1 aromatic heterocycles. The minimum Gasteiger partial charge on any atom is -0.465 e. The molecule has 1 N–H and O–H groups in total. The Balaban J connectivity index is 1.77. The number of aryl methyl sites for hydroxylation is 4. The number of ether oxygens (including phenoxy) is 1. The normalized spacial score (nSPS) is 10.7. The van der Waals surface area contributed by atoms with E-state index in [1.54, 1.807) is 6.07 Å². The van der Waals surface area contributed by atoms with E-state index in [2.05, 4.69) is 29.2 Å². The first-order valence-electron chi connectivity index (χ1n) is 8.87. The van der Waals surface area contributed by atoms with E-state index in [9.17, 15) is 4.79 Å². The van der Waals surface area contributed by atoms with Gasteiger partial charge in [-0.3, -0.25) is 0 Å². The molecule has 0 saturated carbocycles. The van der Waals surface area contributed by atoms with Gasteiger partial charge in [-0.1, -0.05) is 36.4 Å². The molecular weight excluding hydrogens is 324 g/mol. The van der Waals surface area contributed by atoms with Crippen molar-refractivity contribution in [2.75, 3.05) is 7.11 Å². The standard InChI is InChI=1S/C22H24N2O2/c1-15-12-13-18(22(25)26-3)14-19(15)21-16(2)23-20(24-21)11-7-10-17-8-5-4-6-9-17/h4-6,8-9,12-14H,7,10-11H2,1-3H3,(H,23,24). The van der Waals surface area contributed by atoms with Crippen molar-refractivity contribution in [3.05, 3.63) is 76.7 Å². The Labute approximate surface area is 154 Å². The van der Waals surface area contributed by atoms with Gasteiger partial charge in [0.25, 0.3) is 0 Å². The second-order valence-electron chi connectivity index (χ2n) is 6.52. The third-order valence-corrected chi connectivity index (χ3v) is 4.57. The highest BCUT2D eigenvalue weighted by atomic mass is 16.5. The number of hydrogen-bond donors (Lipinski definition) is 1. The number of carbonyl (C=O) groups excluding carboxylic acids is 1. The molecule has 0 spiro atoms. The molecule has 4 nitrogen and oxygen atoms in total. The highest BCUT2D eigenvalue weighted by Crippen LogP contribution is 2.26. The number of imidazole rings is 1. The number of rotatable bonds is 6. The van der Waals surface area contributed by atoms with Crippen LogP contribution < -0.4 is 0 Å². The number of aromatic nitrogens is 2. The van der Waals surface area contributed by atoms with Crippen LogP contribution in [0.5, 0.6) is 0 Å². The zero-order valence-corrected chi connectivity index (χ0v) is 15.5. The molecule has 0 radical (unpaired) electrons. The molecule has 0 bridgehead atoms. The van der Waals surface area contributed by atoms with Gasteiger partial charge in [0.05, 0.1) is 18.4 Å². The smallest absolute Gasteiger partial charge is 0.337 e. The summed E-state index contributed by atoms with van der Waals surface area (Å²) in [4.78, 5) is 20.0. The fraction of sp³-hybridized carbons (Fsp3) is 0.273. The van der Waals surface area contributed by atoms with E-state index in [1.165, 1.54) is 12.7 Å². The van der Waals surface area contributed by atoms with Crippen molar-refractivity contribution < 1.29 is 9.53 Å². The van der Waals surface area contributed by atoms with Gasteiger partial charge in [-0.05, 0) is 49.9 Å². The van der Waals surface area contributed by atoms with Crippen LogP contribution in [0.2, 0.25) is 0 Å². The molecule has 26 heavy (non-hydrogen) atoms. The molecule has 0 aliphatic rings. The maximum Gasteiger partial charge on any atom is 0.337 e. The summed E-state index contributed by atoms with van der Waals surface area (Å²) >= 11 is 0. The molecule has 2 aromatic carbocycles. The van der Waals surface area contributed by atoms with E-state index >= 15 is 0 Å². The van der Waals surface area contributed by atoms with Crippen molar-refractivity contribution in [2.45, 2.75) is 33.1 Å². The molecule has 0 unspecified atom stereocenters. The monoisotopic (exact) mass is 348 g/mol. The van der Waals surface area contributed by atoms with E-state index in [-0.39, 0.29) is 5.97 Å². The number of esters is 1. The largest absolute Gasteiger partial charge is 0.465 e. The van der Waals surface area contributed by atoms with Gasteiger partial charge in [-0.2, -0.15) is 0 Å². The van der Waals surface area contributed by atoms with Crippen LogP contribution in [0, 0.1) is 13.8 Å². The third-order valence-electron chi connectivity index (χ3n) is 4.57. The summed E-state index contributed by atoms with van der Waals surface area (Å²) in [7, 11) is 1.40. The summed E-state index contributed by atoms with van der Waals surface area (Å²) in [6.45, 7) is 4.05. The number of hydrogen-bond acceptors (Lipinski definition) is 3. The maximum absolute atomic E-state index is 11.8. The van der Waals surface area contributed by atoms with Crippen molar-refractivity contribution in [2.24, 2.45) is 0 Å². The summed E-state index contributed by atoms with van der Waals surface area (Å²) in [6, 6.07) is 16.1. The number of nitrogens with zero attached hydrogens (tertiary/aromatic N) is 1. The number of methoxy groups -OCH3 is 1. The molecule has 0 fully saturated rings. The molecule has 0 atom stereocenters. The zero-order valence-electron chi connectivity index (χ0n) is 15.5. The highest BCUT2D eigenvalue weighted by Gasteiger charge is 2.14. The van der Waals surface area contributed by atoms with Gasteiger partial charge < -0.3 is 9.72 Å². The van der Waals surface area contributed by atoms with Crippen molar-refractivity contribution in [3.63, 3.8) is 0 Å². The Bertz CT molecular complexity index is 898. The lowest BCUT2D eigenvalue weighted by Crippen LogP contribution is -2.02. The lowest BCUT2D eigenvalue weighted by Gasteiger charge is -2.06. The Hall–Kier alpha value is -2.88. The first-order chi connectivity index (χ1) is 12.6. The van der Waals surface area contributed by atoms with Gasteiger partial charge in [-0.25, -0.2) is 9.78 Å². The topological polar surface area (TPSA) is 55.0 Å². The fourth-order valence-electron chi connectivity index (χ4n) is 3.13. The number of H-pyrrole nitrogens is 1. The fourth-order valence-corrected chi connectivity index (χ4v) is 3.13. The Morgan fingerprint density at radius 2 is 1.85 bits per heavy atom. The molecule has 0 aliphatic heterocycles. The Kier molecular flexibility index (Phi) is 5.52. The molecule has 0 aliphatic carbocycles. The van der Waals surface area contributed by atoms with E-state index in [0.29, 0.717) is 5.56 Å². The van der Waals surface area contributed by atoms with E-state index in [0.717, 1.165) is 47.6 Å². The minimum atomic E-state index is -0.331. The third kappa shape index (κ3) is 4.02. The molecule has 134 valence electrons. The minimum absolute atomic E-state index is 0.331. The predicted molar refractivity (Wildman–Crippen MR) is 103 cm³/mol. The van der Waals surface area contributed by atoms with Gasteiger partial charge in [0.1, 0.15) is 5.82 Å². The van der Waals surface area contributed by atoms with Gasteiger partial charge in [0.15, 0.2) is 0 Å². The van der Waals surface area contributed by atoms with Crippen LogP contribution in [0.15, 0.2) is 48.5 Å². The Morgan fingerprint density at radius 1 is 1.08 bits per heavy atom. The number of benzene rings is 2. The molecule has 1 heterocycles. The summed E-state index contributed by atoms with van der Waals surface area (Å²) in [5.74, 6) is 0.652. The molecule has 3 rings (SSSR count). The quantitative estimate of drug-likeness (QED) is 0.659. The average Bonchev–Trinajstić information content (AvgIpc) is 3.02. The summed E-state index contributed by atoms with van der Waals surface area (Å²) in [6.07, 6.45) is 2.97. The number of aromatic amines is 1. The van der Waals surface area contributed by atoms with Crippen LogP contribution in [0.1, 0.15) is 39.4 Å². The van der Waals surface area contributed by atoms with Gasteiger partial charge in [0.2, 0.25) is 0 Å². The summed E-state index contributed by atoms with van der Waals surface area (Å²) in [5, 5.41) is 0. The van der Waals surface area contributed by atoms with Crippen LogP contribution in [0.4, 0.5) is 0 Å². The second-order valence-corrected chi connectivity index (χ2v) is 6.52. The van der Waals surface area contributed by atoms with Crippen molar-refractivity contribution >= 4 is 5.97 Å². The number of carbonyl (C=O) groups is 1. The van der Waals surface area contributed by atoms with Gasteiger partial charge in [0, 0.05) is 17.7 Å². The molecule has 4 heteroatoms.